The average molecular weight is 259 g/mol. The molecule has 0 saturated heterocycles. The van der Waals surface area contributed by atoms with E-state index in [1.165, 1.54) is 17.5 Å². The Hall–Kier alpha value is -1.39. The first-order valence-corrected chi connectivity index (χ1v) is 7.14. The van der Waals surface area contributed by atoms with E-state index in [-0.39, 0.29) is 0 Å². The van der Waals surface area contributed by atoms with Crippen molar-refractivity contribution in [2.45, 2.75) is 19.5 Å². The molecule has 0 spiro atoms. The Morgan fingerprint density at radius 1 is 1.44 bits per heavy atom. The number of anilines is 1. The van der Waals surface area contributed by atoms with E-state index >= 15 is 0 Å². The van der Waals surface area contributed by atoms with Crippen LogP contribution in [0.2, 0.25) is 0 Å². The van der Waals surface area contributed by atoms with Crippen molar-refractivity contribution in [2.24, 2.45) is 0 Å². The van der Waals surface area contributed by atoms with Crippen LogP contribution in [0.3, 0.4) is 0 Å². The minimum absolute atomic E-state index is 0.972. The predicted molar refractivity (Wildman–Crippen MR) is 75.9 cm³/mol. The van der Waals surface area contributed by atoms with Gasteiger partial charge in [-0.15, -0.1) is 11.3 Å². The molecule has 0 aromatic carbocycles. The predicted octanol–water partition coefficient (Wildman–Crippen LogP) is 2.74. The lowest BCUT2D eigenvalue weighted by atomic mass is 10.1. The highest BCUT2D eigenvalue weighted by atomic mass is 32.1. The van der Waals surface area contributed by atoms with Crippen LogP contribution in [0.15, 0.2) is 29.8 Å². The fraction of sp³-hybridized carbons (Fsp3) is 0.357. The molecule has 0 amide bonds. The first-order chi connectivity index (χ1) is 8.86. The number of nitrogens with zero attached hydrogens (tertiary/aromatic N) is 2. The van der Waals surface area contributed by atoms with Crippen LogP contribution in [0.25, 0.3) is 0 Å². The van der Waals surface area contributed by atoms with Crippen molar-refractivity contribution in [1.82, 2.24) is 9.88 Å². The van der Waals surface area contributed by atoms with Gasteiger partial charge in [0.05, 0.1) is 0 Å². The smallest absolute Gasteiger partial charge is 0.130 e. The summed E-state index contributed by atoms with van der Waals surface area (Å²) in [6.45, 7) is 3.18. The maximum atomic E-state index is 4.36. The maximum absolute atomic E-state index is 4.36. The summed E-state index contributed by atoms with van der Waals surface area (Å²) in [4.78, 5) is 8.42. The van der Waals surface area contributed by atoms with Crippen molar-refractivity contribution in [3.05, 3.63) is 45.8 Å². The van der Waals surface area contributed by atoms with Gasteiger partial charge < -0.3 is 5.32 Å². The van der Waals surface area contributed by atoms with Crippen molar-refractivity contribution in [3.63, 3.8) is 0 Å². The van der Waals surface area contributed by atoms with Crippen molar-refractivity contribution in [2.75, 3.05) is 18.9 Å². The lowest BCUT2D eigenvalue weighted by molar-refractivity contribution is 0.247. The molecular weight excluding hydrogens is 242 g/mol. The SMILES string of the molecule is CNc1ncccc1CN1CCc2sccc2C1. The zero-order valence-electron chi connectivity index (χ0n) is 10.5. The van der Waals surface area contributed by atoms with Crippen LogP contribution in [0.4, 0.5) is 5.82 Å². The quantitative estimate of drug-likeness (QED) is 0.918. The molecule has 2 aromatic rings. The van der Waals surface area contributed by atoms with Crippen molar-refractivity contribution >= 4 is 17.2 Å². The Morgan fingerprint density at radius 2 is 2.39 bits per heavy atom. The molecule has 18 heavy (non-hydrogen) atoms. The van der Waals surface area contributed by atoms with Gasteiger partial charge >= 0.3 is 0 Å². The van der Waals surface area contributed by atoms with Gasteiger partial charge in [0.1, 0.15) is 5.82 Å². The molecule has 3 heterocycles. The Bertz CT molecular complexity index is 535. The molecule has 0 bridgehead atoms. The highest BCUT2D eigenvalue weighted by molar-refractivity contribution is 7.10. The number of pyridine rings is 1. The van der Waals surface area contributed by atoms with E-state index in [1.54, 1.807) is 4.88 Å². The molecule has 2 aromatic heterocycles. The summed E-state index contributed by atoms with van der Waals surface area (Å²) in [5.74, 6) is 0.994. The first kappa shape index (κ1) is 11.7. The van der Waals surface area contributed by atoms with Gasteiger partial charge in [-0.05, 0) is 29.5 Å². The van der Waals surface area contributed by atoms with E-state index in [1.807, 2.05) is 30.6 Å². The summed E-state index contributed by atoms with van der Waals surface area (Å²) in [5.41, 5.74) is 2.78. The molecule has 0 atom stereocenters. The summed E-state index contributed by atoms with van der Waals surface area (Å²) >= 11 is 1.89. The van der Waals surface area contributed by atoms with Crippen LogP contribution >= 0.6 is 11.3 Å². The first-order valence-electron chi connectivity index (χ1n) is 6.26. The van der Waals surface area contributed by atoms with Crippen molar-refractivity contribution in [3.8, 4) is 0 Å². The number of hydrogen-bond donors (Lipinski definition) is 1. The van der Waals surface area contributed by atoms with Crippen LogP contribution in [-0.4, -0.2) is 23.5 Å². The highest BCUT2D eigenvalue weighted by Crippen LogP contribution is 2.25. The van der Waals surface area contributed by atoms with Gasteiger partial charge in [-0.3, -0.25) is 4.90 Å². The second kappa shape index (κ2) is 5.08. The molecule has 1 N–H and O–H groups in total. The standard InChI is InChI=1S/C14H17N3S/c1-15-14-12(3-2-6-16-14)10-17-7-4-13-11(9-17)5-8-18-13/h2-3,5-6,8H,4,7,9-10H2,1H3,(H,15,16). The van der Waals surface area contributed by atoms with E-state index in [0.29, 0.717) is 0 Å². The summed E-state index contributed by atoms with van der Waals surface area (Å²) in [6, 6.07) is 6.42. The van der Waals surface area contributed by atoms with Gasteiger partial charge in [0.15, 0.2) is 0 Å². The second-order valence-corrected chi connectivity index (χ2v) is 5.59. The minimum Gasteiger partial charge on any atom is -0.373 e. The Kier molecular flexibility index (Phi) is 3.30. The van der Waals surface area contributed by atoms with Crippen LogP contribution in [0.5, 0.6) is 0 Å². The minimum atomic E-state index is 0.972. The summed E-state index contributed by atoms with van der Waals surface area (Å²) in [6.07, 6.45) is 3.02. The molecule has 0 saturated carbocycles. The van der Waals surface area contributed by atoms with Crippen LogP contribution in [0, 0.1) is 0 Å². The molecule has 1 aliphatic heterocycles. The maximum Gasteiger partial charge on any atom is 0.130 e. The lowest BCUT2D eigenvalue weighted by Crippen LogP contribution is -2.29. The molecule has 3 nitrogen and oxygen atoms in total. The van der Waals surface area contributed by atoms with Crippen LogP contribution < -0.4 is 5.32 Å². The molecule has 0 aliphatic carbocycles. The third-order valence-corrected chi connectivity index (χ3v) is 4.43. The molecule has 94 valence electrons. The van der Waals surface area contributed by atoms with Gasteiger partial charge in [-0.1, -0.05) is 6.07 Å². The van der Waals surface area contributed by atoms with Gasteiger partial charge in [-0.2, -0.15) is 0 Å². The largest absolute Gasteiger partial charge is 0.373 e. The topological polar surface area (TPSA) is 28.2 Å². The van der Waals surface area contributed by atoms with E-state index in [0.717, 1.165) is 25.5 Å². The number of aromatic nitrogens is 1. The van der Waals surface area contributed by atoms with E-state index in [2.05, 4.69) is 32.7 Å². The number of rotatable bonds is 3. The number of nitrogens with one attached hydrogen (secondary N) is 1. The van der Waals surface area contributed by atoms with Gasteiger partial charge in [0, 0.05) is 43.3 Å². The Morgan fingerprint density at radius 3 is 3.28 bits per heavy atom. The number of hydrogen-bond acceptors (Lipinski definition) is 4. The highest BCUT2D eigenvalue weighted by Gasteiger charge is 2.18. The molecule has 3 rings (SSSR count). The van der Waals surface area contributed by atoms with E-state index in [4.69, 9.17) is 0 Å². The van der Waals surface area contributed by atoms with Crippen LogP contribution in [0.1, 0.15) is 16.0 Å². The normalized spacial score (nSPS) is 15.4. The van der Waals surface area contributed by atoms with Crippen LogP contribution in [-0.2, 0) is 19.5 Å². The average Bonchev–Trinajstić information content (AvgIpc) is 2.87. The molecule has 0 unspecified atom stereocenters. The lowest BCUT2D eigenvalue weighted by Gasteiger charge is -2.27. The zero-order valence-corrected chi connectivity index (χ0v) is 11.3. The number of fused-ring (bicyclic) bond motifs is 1. The zero-order chi connectivity index (χ0) is 12.4. The monoisotopic (exact) mass is 259 g/mol. The van der Waals surface area contributed by atoms with Gasteiger partial charge in [0.25, 0.3) is 0 Å². The molecule has 4 heteroatoms. The second-order valence-electron chi connectivity index (χ2n) is 4.59. The molecule has 0 radical (unpaired) electrons. The molecule has 0 fully saturated rings. The Balaban J connectivity index is 1.74. The fourth-order valence-electron chi connectivity index (χ4n) is 2.47. The summed E-state index contributed by atoms with van der Waals surface area (Å²) in [5, 5.41) is 5.37. The third-order valence-electron chi connectivity index (χ3n) is 3.41. The number of thiophene rings is 1. The van der Waals surface area contributed by atoms with E-state index < -0.39 is 0 Å². The molecular formula is C14H17N3S. The summed E-state index contributed by atoms with van der Waals surface area (Å²) in [7, 11) is 1.93. The Labute approximate surface area is 111 Å². The molecule has 1 aliphatic rings. The van der Waals surface area contributed by atoms with Gasteiger partial charge in [0.2, 0.25) is 0 Å². The van der Waals surface area contributed by atoms with E-state index in [9.17, 15) is 0 Å². The third kappa shape index (κ3) is 2.26. The van der Waals surface area contributed by atoms with Gasteiger partial charge in [-0.25, -0.2) is 4.98 Å². The fourth-order valence-corrected chi connectivity index (χ4v) is 3.36. The van der Waals surface area contributed by atoms with Crippen molar-refractivity contribution in [1.29, 1.82) is 0 Å². The summed E-state index contributed by atoms with van der Waals surface area (Å²) < 4.78 is 0. The van der Waals surface area contributed by atoms with Crippen molar-refractivity contribution < 1.29 is 0 Å².